The summed E-state index contributed by atoms with van der Waals surface area (Å²) >= 11 is 0. The number of carbonyl (C=O) groups is 3. The molecule has 0 radical (unpaired) electrons. The summed E-state index contributed by atoms with van der Waals surface area (Å²) < 4.78 is 6.78. The highest BCUT2D eigenvalue weighted by Crippen LogP contribution is 2.29. The minimum atomic E-state index is -0.390. The topological polar surface area (TPSA) is 96.8 Å². The van der Waals surface area contributed by atoms with Crippen LogP contribution in [0.5, 0.6) is 5.75 Å². The maximum Gasteiger partial charge on any atom is 0.276 e. The van der Waals surface area contributed by atoms with E-state index in [1.54, 1.807) is 65.2 Å². The molecule has 1 fully saturated rings. The van der Waals surface area contributed by atoms with Gasteiger partial charge in [-0.3, -0.25) is 19.1 Å². The van der Waals surface area contributed by atoms with Crippen molar-refractivity contribution in [2.75, 3.05) is 32.1 Å². The first-order valence-electron chi connectivity index (χ1n) is 11.0. The Morgan fingerprint density at radius 1 is 1.03 bits per heavy atom. The number of ether oxygens (including phenoxy) is 1. The van der Waals surface area contributed by atoms with E-state index >= 15 is 0 Å². The average molecular weight is 462 g/mol. The standard InChI is InChI=1S/C25H27N5O4/c1-17(31)30-15-14-29(16-23(30)18-8-10-19(34-3)11-9-18)25(33)20-6-4-5-7-21(20)26-24(32)22-12-13-28(2)27-22/h4-13,23H,14-16H2,1-3H3,(H,26,32). The van der Waals surface area contributed by atoms with Gasteiger partial charge in [0.15, 0.2) is 5.69 Å². The lowest BCUT2D eigenvalue weighted by atomic mass is 10.0. The van der Waals surface area contributed by atoms with Gasteiger partial charge < -0.3 is 19.9 Å². The van der Waals surface area contributed by atoms with Crippen LogP contribution in [0.2, 0.25) is 0 Å². The molecule has 1 aromatic heterocycles. The van der Waals surface area contributed by atoms with E-state index in [0.29, 0.717) is 30.9 Å². The third-order valence-corrected chi connectivity index (χ3v) is 5.92. The Bertz CT molecular complexity index is 1200. The Labute approximate surface area is 197 Å². The van der Waals surface area contributed by atoms with Crippen molar-refractivity contribution in [2.24, 2.45) is 7.05 Å². The number of aromatic nitrogens is 2. The van der Waals surface area contributed by atoms with Crippen LogP contribution in [-0.4, -0.2) is 64.0 Å². The quantitative estimate of drug-likeness (QED) is 0.630. The number of benzene rings is 2. The first kappa shape index (κ1) is 23.0. The van der Waals surface area contributed by atoms with Crippen molar-refractivity contribution >= 4 is 23.4 Å². The number of rotatable bonds is 5. The van der Waals surface area contributed by atoms with Gasteiger partial charge in [0, 0.05) is 39.8 Å². The number of carbonyl (C=O) groups excluding carboxylic acids is 3. The summed E-state index contributed by atoms with van der Waals surface area (Å²) in [5.41, 5.74) is 1.99. The van der Waals surface area contributed by atoms with E-state index in [2.05, 4.69) is 10.4 Å². The minimum Gasteiger partial charge on any atom is -0.497 e. The van der Waals surface area contributed by atoms with Gasteiger partial charge in [0.25, 0.3) is 11.8 Å². The van der Waals surface area contributed by atoms with Gasteiger partial charge in [-0.05, 0) is 35.9 Å². The molecule has 1 N–H and O–H groups in total. The Hall–Kier alpha value is -4.14. The lowest BCUT2D eigenvalue weighted by molar-refractivity contribution is -0.133. The molecule has 9 nitrogen and oxygen atoms in total. The number of nitrogens with one attached hydrogen (secondary N) is 1. The van der Waals surface area contributed by atoms with E-state index in [4.69, 9.17) is 4.74 Å². The van der Waals surface area contributed by atoms with Crippen molar-refractivity contribution in [3.8, 4) is 5.75 Å². The van der Waals surface area contributed by atoms with Crippen molar-refractivity contribution in [1.29, 1.82) is 0 Å². The van der Waals surface area contributed by atoms with Crippen molar-refractivity contribution in [3.05, 3.63) is 77.6 Å². The maximum atomic E-state index is 13.5. The highest BCUT2D eigenvalue weighted by molar-refractivity contribution is 6.08. The van der Waals surface area contributed by atoms with Crippen molar-refractivity contribution < 1.29 is 19.1 Å². The summed E-state index contributed by atoms with van der Waals surface area (Å²) in [6, 6.07) is 15.7. The fourth-order valence-electron chi connectivity index (χ4n) is 4.13. The largest absolute Gasteiger partial charge is 0.497 e. The fourth-order valence-corrected chi connectivity index (χ4v) is 4.13. The zero-order valence-electron chi connectivity index (χ0n) is 19.4. The Balaban J connectivity index is 1.56. The monoisotopic (exact) mass is 461 g/mol. The van der Waals surface area contributed by atoms with Gasteiger partial charge in [0.1, 0.15) is 5.75 Å². The summed E-state index contributed by atoms with van der Waals surface area (Å²) in [5, 5.41) is 6.92. The molecular formula is C25H27N5O4. The molecule has 0 bridgehead atoms. The number of amides is 3. The number of methoxy groups -OCH3 is 1. The third kappa shape index (κ3) is 4.78. The molecule has 2 aromatic carbocycles. The minimum absolute atomic E-state index is 0.0454. The van der Waals surface area contributed by atoms with Gasteiger partial charge in [-0.1, -0.05) is 24.3 Å². The van der Waals surface area contributed by atoms with Crippen LogP contribution in [0.4, 0.5) is 5.69 Å². The van der Waals surface area contributed by atoms with Crippen LogP contribution >= 0.6 is 0 Å². The molecular weight excluding hydrogens is 434 g/mol. The predicted octanol–water partition coefficient (Wildman–Crippen LogP) is 2.73. The summed E-state index contributed by atoms with van der Waals surface area (Å²) in [7, 11) is 3.33. The first-order chi connectivity index (χ1) is 16.4. The number of para-hydroxylation sites is 1. The number of anilines is 1. The van der Waals surface area contributed by atoms with Crippen molar-refractivity contribution in [3.63, 3.8) is 0 Å². The molecule has 0 aliphatic carbocycles. The van der Waals surface area contributed by atoms with Gasteiger partial charge >= 0.3 is 0 Å². The van der Waals surface area contributed by atoms with Crippen molar-refractivity contribution in [2.45, 2.75) is 13.0 Å². The zero-order chi connectivity index (χ0) is 24.2. The molecule has 3 aromatic rings. The second-order valence-electron chi connectivity index (χ2n) is 8.13. The third-order valence-electron chi connectivity index (χ3n) is 5.92. The van der Waals surface area contributed by atoms with Gasteiger partial charge in [-0.25, -0.2) is 0 Å². The molecule has 2 heterocycles. The summed E-state index contributed by atoms with van der Waals surface area (Å²) in [6.45, 7) is 2.69. The molecule has 1 unspecified atom stereocenters. The zero-order valence-corrected chi connectivity index (χ0v) is 19.4. The van der Waals surface area contributed by atoms with Crippen LogP contribution in [0.25, 0.3) is 0 Å². The number of hydrogen-bond donors (Lipinski definition) is 1. The van der Waals surface area contributed by atoms with Crippen LogP contribution in [0.15, 0.2) is 60.8 Å². The van der Waals surface area contributed by atoms with Gasteiger partial charge in [-0.15, -0.1) is 0 Å². The first-order valence-corrected chi connectivity index (χ1v) is 11.0. The normalized spacial score (nSPS) is 15.7. The van der Waals surface area contributed by atoms with Crippen LogP contribution in [0.1, 0.15) is 39.4 Å². The van der Waals surface area contributed by atoms with Gasteiger partial charge in [0.05, 0.1) is 24.4 Å². The lowest BCUT2D eigenvalue weighted by Crippen LogP contribution is -2.51. The smallest absolute Gasteiger partial charge is 0.276 e. The molecule has 4 rings (SSSR count). The van der Waals surface area contributed by atoms with E-state index < -0.39 is 5.91 Å². The fraction of sp³-hybridized carbons (Fsp3) is 0.280. The highest BCUT2D eigenvalue weighted by Gasteiger charge is 2.33. The van der Waals surface area contributed by atoms with Gasteiger partial charge in [0.2, 0.25) is 5.91 Å². The molecule has 3 amide bonds. The molecule has 176 valence electrons. The van der Waals surface area contributed by atoms with E-state index in [1.807, 2.05) is 24.3 Å². The number of hydrogen-bond acceptors (Lipinski definition) is 5. The van der Waals surface area contributed by atoms with Gasteiger partial charge in [-0.2, -0.15) is 5.10 Å². The Kier molecular flexibility index (Phi) is 6.62. The summed E-state index contributed by atoms with van der Waals surface area (Å²) in [4.78, 5) is 42.0. The summed E-state index contributed by atoms with van der Waals surface area (Å²) in [6.07, 6.45) is 1.68. The van der Waals surface area contributed by atoms with E-state index in [9.17, 15) is 14.4 Å². The highest BCUT2D eigenvalue weighted by atomic mass is 16.5. The molecule has 1 aliphatic rings. The molecule has 1 atom stereocenters. The predicted molar refractivity (Wildman–Crippen MR) is 127 cm³/mol. The van der Waals surface area contributed by atoms with E-state index in [0.717, 1.165) is 11.3 Å². The number of aryl methyl sites for hydroxylation is 1. The van der Waals surface area contributed by atoms with E-state index in [1.165, 1.54) is 6.92 Å². The molecule has 1 saturated heterocycles. The SMILES string of the molecule is COc1ccc(C2CN(C(=O)c3ccccc3NC(=O)c3ccn(C)n3)CCN2C(C)=O)cc1. The molecule has 9 heteroatoms. The van der Waals surface area contributed by atoms with Crippen LogP contribution < -0.4 is 10.1 Å². The second kappa shape index (κ2) is 9.78. The van der Waals surface area contributed by atoms with E-state index in [-0.39, 0.29) is 23.6 Å². The van der Waals surface area contributed by atoms with Crippen LogP contribution in [-0.2, 0) is 11.8 Å². The Morgan fingerprint density at radius 3 is 2.41 bits per heavy atom. The average Bonchev–Trinajstić information content (AvgIpc) is 3.30. The van der Waals surface area contributed by atoms with Crippen molar-refractivity contribution in [1.82, 2.24) is 19.6 Å². The molecule has 0 saturated carbocycles. The molecule has 34 heavy (non-hydrogen) atoms. The second-order valence-corrected chi connectivity index (χ2v) is 8.13. The Morgan fingerprint density at radius 2 is 1.76 bits per heavy atom. The number of piperazine rings is 1. The maximum absolute atomic E-state index is 13.5. The van der Waals surface area contributed by atoms with Crippen LogP contribution in [0.3, 0.4) is 0 Å². The lowest BCUT2D eigenvalue weighted by Gasteiger charge is -2.41. The van der Waals surface area contributed by atoms with Crippen LogP contribution in [0, 0.1) is 0 Å². The number of nitrogens with zero attached hydrogens (tertiary/aromatic N) is 4. The summed E-state index contributed by atoms with van der Waals surface area (Å²) in [5.74, 6) is 0.0763. The molecule has 0 spiro atoms. The molecule has 1 aliphatic heterocycles.